The highest BCUT2D eigenvalue weighted by atomic mass is 32.2. The van der Waals surface area contributed by atoms with E-state index >= 15 is 0 Å². The monoisotopic (exact) mass is 437 g/mol. The van der Waals surface area contributed by atoms with E-state index in [1.807, 2.05) is 49.4 Å². The van der Waals surface area contributed by atoms with E-state index in [1.54, 1.807) is 6.20 Å². The first-order chi connectivity index (χ1) is 15.7. The number of thioether (sulfide) groups is 1. The molecule has 0 radical (unpaired) electrons. The quantitative estimate of drug-likeness (QED) is 0.348. The second-order valence-corrected chi connectivity index (χ2v) is 9.38. The van der Waals surface area contributed by atoms with Crippen LogP contribution < -0.4 is 0 Å². The minimum Gasteiger partial charge on any atom is -0.298 e. The predicted molar refractivity (Wildman–Crippen MR) is 137 cm³/mol. The Kier molecular flexibility index (Phi) is 7.59. The zero-order chi connectivity index (χ0) is 22.2. The minimum absolute atomic E-state index is 0.153. The van der Waals surface area contributed by atoms with Crippen molar-refractivity contribution in [1.82, 2.24) is 0 Å². The average Bonchev–Trinajstić information content (AvgIpc) is 2.82. The lowest BCUT2D eigenvalue weighted by Crippen LogP contribution is -2.16. The van der Waals surface area contributed by atoms with Gasteiger partial charge in [-0.2, -0.15) is 0 Å². The van der Waals surface area contributed by atoms with Crippen molar-refractivity contribution in [3.05, 3.63) is 107 Å². The second-order valence-electron chi connectivity index (χ2n) is 8.02. The molecule has 32 heavy (non-hydrogen) atoms. The van der Waals surface area contributed by atoms with Crippen LogP contribution in [0.25, 0.3) is 11.1 Å². The molecule has 0 spiro atoms. The Morgan fingerprint density at radius 1 is 0.969 bits per heavy atom. The fourth-order valence-corrected chi connectivity index (χ4v) is 4.70. The Morgan fingerprint density at radius 2 is 1.62 bits per heavy atom. The number of benzene rings is 2. The van der Waals surface area contributed by atoms with E-state index in [9.17, 15) is 4.79 Å². The molecule has 2 aromatic rings. The second kappa shape index (κ2) is 11.0. The molecular weight excluding hydrogens is 410 g/mol. The predicted octanol–water partition coefficient (Wildman–Crippen LogP) is 7.41. The van der Waals surface area contributed by atoms with Crippen molar-refractivity contribution >= 4 is 33.7 Å². The summed E-state index contributed by atoms with van der Waals surface area (Å²) >= 11 is 1.50. The summed E-state index contributed by atoms with van der Waals surface area (Å²) in [6.45, 7) is 1.97. The summed E-state index contributed by atoms with van der Waals surface area (Å²) in [5, 5.41) is 0.622. The molecule has 1 unspecified atom stereocenters. The van der Waals surface area contributed by atoms with Gasteiger partial charge < -0.3 is 0 Å². The van der Waals surface area contributed by atoms with Crippen molar-refractivity contribution in [3.63, 3.8) is 0 Å². The van der Waals surface area contributed by atoms with Crippen LogP contribution in [0.3, 0.4) is 0 Å². The minimum atomic E-state index is -0.153. The van der Waals surface area contributed by atoms with Crippen LogP contribution in [0, 0.1) is 0 Å². The molecule has 2 aliphatic rings. The number of nitrogens with zero attached hydrogens (tertiary/aromatic N) is 1. The van der Waals surface area contributed by atoms with Crippen molar-refractivity contribution in [2.45, 2.75) is 44.3 Å². The number of carbonyl (C=O) groups excluding carboxylic acids is 1. The number of hydrogen-bond donors (Lipinski definition) is 0. The molecule has 0 saturated heterocycles. The lowest BCUT2D eigenvalue weighted by Gasteiger charge is -2.15. The van der Waals surface area contributed by atoms with Gasteiger partial charge in [0.05, 0.1) is 11.4 Å². The normalized spacial score (nSPS) is 18.4. The van der Waals surface area contributed by atoms with E-state index < -0.39 is 0 Å². The summed E-state index contributed by atoms with van der Waals surface area (Å²) in [5.41, 5.74) is 12.2. The molecule has 1 aliphatic heterocycles. The van der Waals surface area contributed by atoms with E-state index in [-0.39, 0.29) is 11.0 Å². The number of rotatable bonds is 6. The Hall–Kier alpha value is -3.09. The van der Waals surface area contributed by atoms with Crippen LogP contribution in [0.15, 0.2) is 101 Å². The standard InChI is InChI=1S/C29H27NOS/c1-22(28(31)21-23-11-5-2-6-12-23)32-29-18-17-26(24-13-7-3-8-14-24)27(19-20-30-29)25-15-9-4-10-16-25/h3-4,7-11,13-16,18,20,22H,2,5-6,12,21H2,1H3/b30-29+. The Balaban J connectivity index is 1.61. The van der Waals surface area contributed by atoms with Gasteiger partial charge in [0.25, 0.3) is 0 Å². The van der Waals surface area contributed by atoms with E-state index in [4.69, 9.17) is 0 Å². The third-order valence-corrected chi connectivity index (χ3v) is 6.73. The molecule has 0 saturated carbocycles. The molecule has 0 amide bonds. The summed E-state index contributed by atoms with van der Waals surface area (Å²) in [4.78, 5) is 17.4. The molecule has 1 heterocycles. The first-order valence-corrected chi connectivity index (χ1v) is 12.1. The van der Waals surface area contributed by atoms with Gasteiger partial charge in [0.1, 0.15) is 10.8 Å². The number of ketones is 1. The summed E-state index contributed by atoms with van der Waals surface area (Å²) < 4.78 is 0. The van der Waals surface area contributed by atoms with E-state index in [0.29, 0.717) is 6.42 Å². The van der Waals surface area contributed by atoms with Crippen LogP contribution in [0.4, 0.5) is 0 Å². The third kappa shape index (κ3) is 5.78. The van der Waals surface area contributed by atoms with Gasteiger partial charge in [0.2, 0.25) is 0 Å². The van der Waals surface area contributed by atoms with Crippen LogP contribution in [-0.2, 0) is 4.79 Å². The maximum absolute atomic E-state index is 12.8. The molecule has 1 atom stereocenters. The van der Waals surface area contributed by atoms with Crippen LogP contribution in [0.2, 0.25) is 0 Å². The molecule has 2 aromatic carbocycles. The van der Waals surface area contributed by atoms with Crippen LogP contribution in [0.1, 0.15) is 50.2 Å². The zero-order valence-corrected chi connectivity index (χ0v) is 19.2. The topological polar surface area (TPSA) is 29.4 Å². The molecule has 3 heteroatoms. The third-order valence-electron chi connectivity index (χ3n) is 5.65. The summed E-state index contributed by atoms with van der Waals surface area (Å²) in [7, 11) is 0. The molecule has 0 aromatic heterocycles. The molecular formula is C29H27NOS. The number of Topliss-reactive ketones (excluding diaryl/α,β-unsaturated/α-hetero) is 1. The number of aliphatic imine (C=N–C) groups is 1. The van der Waals surface area contributed by atoms with Gasteiger partial charge in [0, 0.05) is 23.6 Å². The first kappa shape index (κ1) is 22.1. The van der Waals surface area contributed by atoms with Crippen LogP contribution in [0.5, 0.6) is 0 Å². The zero-order valence-electron chi connectivity index (χ0n) is 18.4. The van der Waals surface area contributed by atoms with Crippen LogP contribution in [-0.4, -0.2) is 16.1 Å². The van der Waals surface area contributed by atoms with Crippen molar-refractivity contribution < 1.29 is 4.79 Å². The molecule has 2 nitrogen and oxygen atoms in total. The number of carbonyl (C=O) groups is 1. The van der Waals surface area contributed by atoms with Gasteiger partial charge in [-0.1, -0.05) is 89.8 Å². The van der Waals surface area contributed by atoms with Crippen LogP contribution >= 0.6 is 11.8 Å². The maximum atomic E-state index is 12.8. The molecule has 0 bridgehead atoms. The van der Waals surface area contributed by atoms with Crippen molar-refractivity contribution in [2.75, 3.05) is 0 Å². The van der Waals surface area contributed by atoms with Gasteiger partial charge in [0.15, 0.2) is 0 Å². The van der Waals surface area contributed by atoms with E-state index in [1.165, 1.54) is 30.2 Å². The molecule has 4 rings (SSSR count). The van der Waals surface area contributed by atoms with Crippen molar-refractivity contribution in [1.29, 1.82) is 0 Å². The molecule has 0 fully saturated rings. The van der Waals surface area contributed by atoms with Crippen molar-refractivity contribution in [3.8, 4) is 0 Å². The summed E-state index contributed by atoms with van der Waals surface area (Å²) in [5.74, 6) is 0.262. The highest BCUT2D eigenvalue weighted by Gasteiger charge is 2.18. The Bertz CT molecular complexity index is 1160. The summed E-state index contributed by atoms with van der Waals surface area (Å²) in [6.07, 6.45) is 11.0. The first-order valence-electron chi connectivity index (χ1n) is 11.2. The number of hydrogen-bond acceptors (Lipinski definition) is 3. The maximum Gasteiger partial charge on any atom is 0.149 e. The lowest BCUT2D eigenvalue weighted by atomic mass is 9.93. The van der Waals surface area contributed by atoms with Gasteiger partial charge in [-0.05, 0) is 43.7 Å². The number of allylic oxidation sites excluding steroid dienone is 3. The van der Waals surface area contributed by atoms with Gasteiger partial charge in [-0.3, -0.25) is 4.79 Å². The average molecular weight is 438 g/mol. The van der Waals surface area contributed by atoms with E-state index in [0.717, 1.165) is 40.2 Å². The fraction of sp³-hybridized carbons (Fsp3) is 0.241. The molecule has 0 N–H and O–H groups in total. The largest absolute Gasteiger partial charge is 0.298 e. The smallest absolute Gasteiger partial charge is 0.149 e. The molecule has 160 valence electrons. The molecule has 1 aliphatic carbocycles. The fourth-order valence-electron chi connectivity index (χ4n) is 3.88. The Morgan fingerprint density at radius 3 is 2.25 bits per heavy atom. The van der Waals surface area contributed by atoms with E-state index in [2.05, 4.69) is 46.8 Å². The summed E-state index contributed by atoms with van der Waals surface area (Å²) in [6, 6.07) is 20.4. The van der Waals surface area contributed by atoms with Gasteiger partial charge in [-0.15, -0.1) is 5.73 Å². The van der Waals surface area contributed by atoms with Crippen molar-refractivity contribution in [2.24, 2.45) is 4.99 Å². The SMILES string of the molecule is CC(S/C1=N/C=C=C(c2ccccc2)C(c2ccccc2)=C=C1)C(=O)CC1=CCCCC1. The van der Waals surface area contributed by atoms with Gasteiger partial charge in [-0.25, -0.2) is 4.99 Å². The highest BCUT2D eigenvalue weighted by molar-refractivity contribution is 8.15. The van der Waals surface area contributed by atoms with Gasteiger partial charge >= 0.3 is 0 Å². The highest BCUT2D eigenvalue weighted by Crippen LogP contribution is 2.31. The lowest BCUT2D eigenvalue weighted by molar-refractivity contribution is -0.117. The Labute approximate surface area is 194 Å².